The fourth-order valence-corrected chi connectivity index (χ4v) is 3.52. The van der Waals surface area contributed by atoms with Gasteiger partial charge in [0.05, 0.1) is 26.7 Å². The molecule has 0 aliphatic carbocycles. The van der Waals surface area contributed by atoms with E-state index in [1.165, 1.54) is 37.4 Å². The van der Waals surface area contributed by atoms with Crippen LogP contribution in [0, 0.1) is 10.1 Å². The maximum absolute atomic E-state index is 12.2. The van der Waals surface area contributed by atoms with E-state index >= 15 is 0 Å². The van der Waals surface area contributed by atoms with Gasteiger partial charge in [0.25, 0.3) is 17.5 Å². The van der Waals surface area contributed by atoms with Gasteiger partial charge < -0.3 is 11.1 Å². The van der Waals surface area contributed by atoms with Crippen LogP contribution < -0.4 is 11.1 Å². The predicted octanol–water partition coefficient (Wildman–Crippen LogP) is 1.65. The molecular weight excluding hydrogens is 400 g/mol. The molecule has 2 aromatic carbocycles. The standard InChI is InChI=1S/C18H14N4O6S/c1-21-17(25)11-4-3-10(7-12(11)18(21)26)20-15(23)8-29-14-5-2-9(16(19)24)6-13(14)22(27)28/h2-7H,8H2,1H3,(H2,19,24)(H,20,23). The SMILES string of the molecule is CN1C(=O)c2ccc(NC(=O)CSc3ccc(C(N)=O)cc3[N+](=O)[O-])cc2C1=O. The third-order valence-corrected chi connectivity index (χ3v) is 5.24. The van der Waals surface area contributed by atoms with Crippen molar-refractivity contribution >= 4 is 46.8 Å². The van der Waals surface area contributed by atoms with Gasteiger partial charge in [-0.05, 0) is 30.3 Å². The number of rotatable bonds is 6. The number of nitrogens with zero attached hydrogens (tertiary/aromatic N) is 2. The van der Waals surface area contributed by atoms with Crippen LogP contribution in [-0.4, -0.2) is 46.3 Å². The second-order valence-electron chi connectivity index (χ2n) is 6.07. The van der Waals surface area contributed by atoms with E-state index < -0.39 is 28.6 Å². The Kier molecular flexibility index (Phi) is 5.33. The van der Waals surface area contributed by atoms with Gasteiger partial charge in [-0.25, -0.2) is 0 Å². The number of nitrogens with one attached hydrogen (secondary N) is 1. The lowest BCUT2D eigenvalue weighted by Crippen LogP contribution is -2.24. The van der Waals surface area contributed by atoms with Crippen molar-refractivity contribution in [3.63, 3.8) is 0 Å². The van der Waals surface area contributed by atoms with Gasteiger partial charge in [-0.3, -0.25) is 34.2 Å². The number of carbonyl (C=O) groups is 4. The molecule has 1 heterocycles. The summed E-state index contributed by atoms with van der Waals surface area (Å²) >= 11 is 0.915. The number of fused-ring (bicyclic) bond motifs is 1. The highest BCUT2D eigenvalue weighted by Gasteiger charge is 2.32. The van der Waals surface area contributed by atoms with Crippen LogP contribution in [0.2, 0.25) is 0 Å². The summed E-state index contributed by atoms with van der Waals surface area (Å²) in [5.41, 5.74) is 5.57. The Hall–Kier alpha value is -3.73. The van der Waals surface area contributed by atoms with E-state index in [0.717, 1.165) is 22.7 Å². The molecule has 0 spiro atoms. The number of nitro groups is 1. The van der Waals surface area contributed by atoms with E-state index in [1.54, 1.807) is 0 Å². The smallest absolute Gasteiger partial charge is 0.283 e. The molecule has 0 fully saturated rings. The molecule has 29 heavy (non-hydrogen) atoms. The number of anilines is 1. The monoisotopic (exact) mass is 414 g/mol. The molecule has 1 aliphatic heterocycles. The maximum atomic E-state index is 12.2. The first kappa shape index (κ1) is 20.0. The second-order valence-corrected chi connectivity index (χ2v) is 7.09. The zero-order chi connectivity index (χ0) is 21.3. The van der Waals surface area contributed by atoms with Gasteiger partial charge >= 0.3 is 0 Å². The van der Waals surface area contributed by atoms with Crippen LogP contribution in [-0.2, 0) is 4.79 Å². The molecule has 0 atom stereocenters. The maximum Gasteiger partial charge on any atom is 0.283 e. The van der Waals surface area contributed by atoms with Crippen LogP contribution in [0.25, 0.3) is 0 Å². The lowest BCUT2D eigenvalue weighted by Gasteiger charge is -2.07. The molecule has 0 radical (unpaired) electrons. The summed E-state index contributed by atoms with van der Waals surface area (Å²) in [5.74, 6) is -2.28. The van der Waals surface area contributed by atoms with E-state index in [0.29, 0.717) is 5.69 Å². The molecule has 3 rings (SSSR count). The summed E-state index contributed by atoms with van der Waals surface area (Å²) in [7, 11) is 1.37. The van der Waals surface area contributed by atoms with Crippen molar-refractivity contribution in [3.05, 3.63) is 63.2 Å². The Bertz CT molecular complexity index is 1080. The molecule has 4 amide bonds. The molecule has 0 bridgehead atoms. The Morgan fingerprint density at radius 2 is 1.83 bits per heavy atom. The number of primary amides is 1. The van der Waals surface area contributed by atoms with Crippen LogP contribution >= 0.6 is 11.8 Å². The average molecular weight is 414 g/mol. The van der Waals surface area contributed by atoms with Crippen molar-refractivity contribution in [3.8, 4) is 0 Å². The van der Waals surface area contributed by atoms with E-state index in [4.69, 9.17) is 5.73 Å². The van der Waals surface area contributed by atoms with Crippen molar-refractivity contribution < 1.29 is 24.1 Å². The molecule has 0 saturated heterocycles. The molecule has 0 saturated carbocycles. The molecular formula is C18H14N4O6S. The van der Waals surface area contributed by atoms with Gasteiger partial charge in [-0.1, -0.05) is 0 Å². The molecule has 2 aromatic rings. The molecule has 0 aromatic heterocycles. The molecule has 10 nitrogen and oxygen atoms in total. The van der Waals surface area contributed by atoms with Gasteiger partial charge in [0.1, 0.15) is 0 Å². The summed E-state index contributed by atoms with van der Waals surface area (Å²) < 4.78 is 0. The lowest BCUT2D eigenvalue weighted by atomic mass is 10.1. The predicted molar refractivity (Wildman–Crippen MR) is 104 cm³/mol. The lowest BCUT2D eigenvalue weighted by molar-refractivity contribution is -0.387. The first-order valence-corrected chi connectivity index (χ1v) is 9.15. The highest BCUT2D eigenvalue weighted by atomic mass is 32.2. The van der Waals surface area contributed by atoms with Crippen LogP contribution in [0.5, 0.6) is 0 Å². The van der Waals surface area contributed by atoms with Crippen molar-refractivity contribution in [1.29, 1.82) is 0 Å². The zero-order valence-corrected chi connectivity index (χ0v) is 15.8. The van der Waals surface area contributed by atoms with E-state index in [-0.39, 0.29) is 33.0 Å². The fraction of sp³-hybridized carbons (Fsp3) is 0.111. The number of thioether (sulfide) groups is 1. The number of hydrogen-bond donors (Lipinski definition) is 2. The van der Waals surface area contributed by atoms with Crippen LogP contribution in [0.15, 0.2) is 41.3 Å². The normalized spacial score (nSPS) is 12.7. The molecule has 11 heteroatoms. The van der Waals surface area contributed by atoms with Crippen molar-refractivity contribution in [2.75, 3.05) is 18.1 Å². The minimum absolute atomic E-state index is 0.00664. The second kappa shape index (κ2) is 7.72. The largest absolute Gasteiger partial charge is 0.366 e. The molecule has 0 unspecified atom stereocenters. The average Bonchev–Trinajstić information content (AvgIpc) is 2.90. The van der Waals surface area contributed by atoms with E-state index in [2.05, 4.69) is 5.32 Å². The molecule has 148 valence electrons. The van der Waals surface area contributed by atoms with Crippen molar-refractivity contribution in [2.24, 2.45) is 5.73 Å². The van der Waals surface area contributed by atoms with Gasteiger partial charge in [-0.15, -0.1) is 11.8 Å². The first-order chi connectivity index (χ1) is 13.7. The minimum Gasteiger partial charge on any atom is -0.366 e. The topological polar surface area (TPSA) is 153 Å². The molecule has 1 aliphatic rings. The van der Waals surface area contributed by atoms with E-state index in [9.17, 15) is 29.3 Å². The van der Waals surface area contributed by atoms with Gasteiger partial charge in [0.15, 0.2) is 0 Å². The zero-order valence-electron chi connectivity index (χ0n) is 15.0. The quantitative estimate of drug-likeness (QED) is 0.315. The Morgan fingerprint density at radius 1 is 1.14 bits per heavy atom. The van der Waals surface area contributed by atoms with Crippen LogP contribution in [0.3, 0.4) is 0 Å². The van der Waals surface area contributed by atoms with Gasteiger partial charge in [0.2, 0.25) is 11.8 Å². The third-order valence-electron chi connectivity index (χ3n) is 4.17. The fourth-order valence-electron chi connectivity index (χ4n) is 2.71. The van der Waals surface area contributed by atoms with Gasteiger partial charge in [0, 0.05) is 24.4 Å². The Morgan fingerprint density at radius 3 is 2.48 bits per heavy atom. The summed E-state index contributed by atoms with van der Waals surface area (Å²) in [6.45, 7) is 0. The number of nitro benzene ring substituents is 1. The van der Waals surface area contributed by atoms with Crippen LogP contribution in [0.4, 0.5) is 11.4 Å². The summed E-state index contributed by atoms with van der Waals surface area (Å²) in [6, 6.07) is 8.11. The van der Waals surface area contributed by atoms with Crippen molar-refractivity contribution in [1.82, 2.24) is 4.90 Å². The molecule has 3 N–H and O–H groups in total. The number of amides is 4. The van der Waals surface area contributed by atoms with Crippen molar-refractivity contribution in [2.45, 2.75) is 4.90 Å². The first-order valence-electron chi connectivity index (χ1n) is 8.16. The number of nitrogens with two attached hydrogens (primary N) is 1. The van der Waals surface area contributed by atoms with E-state index in [1.807, 2.05) is 0 Å². The third kappa shape index (κ3) is 3.94. The highest BCUT2D eigenvalue weighted by molar-refractivity contribution is 8.00. The Balaban J connectivity index is 1.70. The van der Waals surface area contributed by atoms with Crippen LogP contribution in [0.1, 0.15) is 31.1 Å². The number of carbonyl (C=O) groups excluding carboxylic acids is 4. The summed E-state index contributed by atoms with van der Waals surface area (Å²) in [5, 5.41) is 13.8. The minimum atomic E-state index is -0.794. The Labute approximate surface area is 168 Å². The summed E-state index contributed by atoms with van der Waals surface area (Å²) in [6.07, 6.45) is 0. The number of hydrogen-bond acceptors (Lipinski definition) is 7. The van der Waals surface area contributed by atoms with Gasteiger partial charge in [-0.2, -0.15) is 0 Å². The summed E-state index contributed by atoms with van der Waals surface area (Å²) in [4.78, 5) is 59.0. The highest BCUT2D eigenvalue weighted by Crippen LogP contribution is 2.30. The number of benzene rings is 2. The number of imide groups is 1.